The summed E-state index contributed by atoms with van der Waals surface area (Å²) in [6.45, 7) is 9.97. The van der Waals surface area contributed by atoms with Crippen molar-refractivity contribution in [2.75, 3.05) is 13.1 Å². The summed E-state index contributed by atoms with van der Waals surface area (Å²) in [5.41, 5.74) is 7.48. The van der Waals surface area contributed by atoms with Crippen LogP contribution >= 0.6 is 0 Å². The Hall–Kier alpha value is -4.94. The van der Waals surface area contributed by atoms with Crippen LogP contribution in [0.2, 0.25) is 0 Å². The molecule has 0 spiro atoms. The maximum absolute atomic E-state index is 13.7. The average Bonchev–Trinajstić information content (AvgIpc) is 3.82. The Kier molecular flexibility index (Phi) is 14.4. The third-order valence-corrected chi connectivity index (χ3v) is 13.4. The molecule has 5 atom stereocenters. The van der Waals surface area contributed by atoms with Crippen LogP contribution in [0.3, 0.4) is 0 Å². The zero-order chi connectivity index (χ0) is 42.1. The Balaban J connectivity index is 1.06. The summed E-state index contributed by atoms with van der Waals surface area (Å²) in [7, 11) is -3.96. The molecule has 0 aromatic heterocycles. The number of nitrogens with zero attached hydrogens (tertiary/aromatic N) is 1. The first-order valence-electron chi connectivity index (χ1n) is 21.1. The summed E-state index contributed by atoms with van der Waals surface area (Å²) in [6, 6.07) is 39.7. The molecule has 3 N–H and O–H groups in total. The number of nitrogens with one attached hydrogen (secondary N) is 2. The van der Waals surface area contributed by atoms with Gasteiger partial charge in [-0.2, -0.15) is 4.72 Å². The maximum Gasteiger partial charge on any atom is 0.241 e. The fourth-order valence-corrected chi connectivity index (χ4v) is 9.58. The van der Waals surface area contributed by atoms with Gasteiger partial charge >= 0.3 is 0 Å². The predicted octanol–water partition coefficient (Wildman–Crippen LogP) is 8.58. The standard InChI is InChI=1S/C50H57N3O6S/c1-4-29-53(44-15-8-9-16-44)33-47-36(3)48(41-21-19-38(34-54)20-22-41)59-50(58-47)42-25-23-40(24-26-42)43-14-10-13-39(30-43)32-51-49(55)46(31-37-11-6-5-7-12-37)52-60(56,57)45-27-17-35(2)18-28-45/h4-7,10-14,17-28,30,36,44,46-48,50,52,54H,1,8-9,15-16,29,31-34H2,2-3H3,(H,51,55)/t36-,46+,47+,48+,50+/m0/s1. The van der Waals surface area contributed by atoms with E-state index in [2.05, 4.69) is 64.8 Å². The van der Waals surface area contributed by atoms with Crippen molar-refractivity contribution in [2.24, 2.45) is 5.92 Å². The third-order valence-electron chi connectivity index (χ3n) is 11.9. The quantitative estimate of drug-likeness (QED) is 0.0805. The first-order chi connectivity index (χ1) is 29.1. The Morgan fingerprint density at radius 2 is 1.52 bits per heavy atom. The van der Waals surface area contributed by atoms with E-state index in [1.807, 2.05) is 79.7 Å². The molecule has 1 heterocycles. The highest BCUT2D eigenvalue weighted by atomic mass is 32.2. The second kappa shape index (κ2) is 20.1. The highest BCUT2D eigenvalue weighted by Gasteiger charge is 2.40. The fraction of sp³-hybridized carbons (Fsp3) is 0.340. The molecule has 9 nitrogen and oxygen atoms in total. The molecule has 1 aliphatic heterocycles. The van der Waals surface area contributed by atoms with Crippen LogP contribution in [0.5, 0.6) is 0 Å². The fourth-order valence-electron chi connectivity index (χ4n) is 8.38. The molecule has 5 aromatic rings. The maximum atomic E-state index is 13.7. The van der Waals surface area contributed by atoms with Crippen LogP contribution in [-0.4, -0.2) is 55.6 Å². The van der Waals surface area contributed by atoms with E-state index >= 15 is 0 Å². The highest BCUT2D eigenvalue weighted by molar-refractivity contribution is 7.89. The van der Waals surface area contributed by atoms with Crippen LogP contribution in [0, 0.1) is 12.8 Å². The molecule has 2 aliphatic rings. The molecule has 1 saturated heterocycles. The molecule has 10 heteroatoms. The van der Waals surface area contributed by atoms with Crippen molar-refractivity contribution in [3.05, 3.63) is 173 Å². The molecule has 1 saturated carbocycles. The lowest BCUT2D eigenvalue weighted by molar-refractivity contribution is -0.276. The van der Waals surface area contributed by atoms with Gasteiger partial charge in [-0.3, -0.25) is 9.69 Å². The SMILES string of the molecule is C=CCN(C[C@H]1O[C@@H](c2ccc(-c3cccc(CNC(=O)[C@@H](Cc4ccccc4)NS(=O)(=O)c4ccc(C)cc4)c3)cc2)O[C@@H](c2ccc(CO)cc2)[C@H]1C)C1CCCC1. The Morgan fingerprint density at radius 1 is 0.833 bits per heavy atom. The zero-order valence-electron chi connectivity index (χ0n) is 34.6. The van der Waals surface area contributed by atoms with Gasteiger partial charge in [0.15, 0.2) is 6.29 Å². The van der Waals surface area contributed by atoms with Gasteiger partial charge in [0, 0.05) is 37.2 Å². The first-order valence-corrected chi connectivity index (χ1v) is 22.5. The Bertz CT molecular complexity index is 2280. The number of amides is 1. The molecule has 60 heavy (non-hydrogen) atoms. The van der Waals surface area contributed by atoms with E-state index in [1.54, 1.807) is 24.3 Å². The number of sulfonamides is 1. The minimum atomic E-state index is -3.96. The van der Waals surface area contributed by atoms with Crippen LogP contribution in [-0.2, 0) is 43.9 Å². The Labute approximate surface area is 355 Å². The van der Waals surface area contributed by atoms with Gasteiger partial charge in [0.05, 0.1) is 23.7 Å². The minimum Gasteiger partial charge on any atom is -0.392 e. The summed E-state index contributed by atoms with van der Waals surface area (Å²) in [5.74, 6) is -0.331. The number of hydrogen-bond donors (Lipinski definition) is 3. The zero-order valence-corrected chi connectivity index (χ0v) is 35.4. The number of carbonyl (C=O) groups excluding carboxylic acids is 1. The van der Waals surface area contributed by atoms with Gasteiger partial charge in [0.25, 0.3) is 0 Å². The van der Waals surface area contributed by atoms with Gasteiger partial charge in [0.2, 0.25) is 15.9 Å². The van der Waals surface area contributed by atoms with E-state index in [4.69, 9.17) is 9.47 Å². The van der Waals surface area contributed by atoms with E-state index in [0.29, 0.717) is 6.04 Å². The number of aliphatic hydroxyl groups excluding tert-OH is 1. The van der Waals surface area contributed by atoms with Gasteiger partial charge in [-0.25, -0.2) is 8.42 Å². The van der Waals surface area contributed by atoms with Crippen molar-refractivity contribution >= 4 is 15.9 Å². The summed E-state index contributed by atoms with van der Waals surface area (Å²) in [5, 5.41) is 12.7. The van der Waals surface area contributed by atoms with Crippen molar-refractivity contribution in [3.63, 3.8) is 0 Å². The number of aliphatic hydroxyl groups is 1. The van der Waals surface area contributed by atoms with Crippen LogP contribution < -0.4 is 10.0 Å². The number of rotatable bonds is 17. The highest BCUT2D eigenvalue weighted by Crippen LogP contribution is 2.42. The average molecular weight is 828 g/mol. The van der Waals surface area contributed by atoms with Crippen LogP contribution in [0.4, 0.5) is 0 Å². The van der Waals surface area contributed by atoms with Crippen molar-refractivity contribution in [1.82, 2.24) is 14.9 Å². The van der Waals surface area contributed by atoms with E-state index in [9.17, 15) is 18.3 Å². The number of aryl methyl sites for hydroxylation is 1. The van der Waals surface area contributed by atoms with E-state index in [-0.39, 0.29) is 42.6 Å². The van der Waals surface area contributed by atoms with E-state index in [0.717, 1.165) is 57.6 Å². The summed E-state index contributed by atoms with van der Waals surface area (Å²) in [6.07, 6.45) is 6.23. The van der Waals surface area contributed by atoms with Gasteiger partial charge in [-0.1, -0.05) is 141 Å². The third kappa shape index (κ3) is 10.9. The summed E-state index contributed by atoms with van der Waals surface area (Å²) >= 11 is 0. The topological polar surface area (TPSA) is 117 Å². The second-order valence-corrected chi connectivity index (χ2v) is 17.9. The van der Waals surface area contributed by atoms with Crippen molar-refractivity contribution in [3.8, 4) is 11.1 Å². The Morgan fingerprint density at radius 3 is 2.20 bits per heavy atom. The van der Waals surface area contributed by atoms with Gasteiger partial charge in [-0.15, -0.1) is 6.58 Å². The minimum absolute atomic E-state index is 0.00831. The molecule has 1 amide bonds. The lowest BCUT2D eigenvalue weighted by Gasteiger charge is -2.43. The molecular formula is C50H57N3O6S. The van der Waals surface area contributed by atoms with Gasteiger partial charge in [-0.05, 0) is 77.8 Å². The molecule has 7 rings (SSSR count). The van der Waals surface area contributed by atoms with E-state index < -0.39 is 28.3 Å². The largest absolute Gasteiger partial charge is 0.392 e. The second-order valence-electron chi connectivity index (χ2n) is 16.2. The van der Waals surface area contributed by atoms with E-state index in [1.165, 1.54) is 25.7 Å². The molecule has 5 aromatic carbocycles. The predicted molar refractivity (Wildman–Crippen MR) is 236 cm³/mol. The molecule has 2 fully saturated rings. The van der Waals surface area contributed by atoms with Crippen LogP contribution in [0.15, 0.2) is 145 Å². The number of benzene rings is 5. The molecule has 314 valence electrons. The first kappa shape index (κ1) is 43.2. The van der Waals surface area contributed by atoms with Gasteiger partial charge < -0.3 is 19.9 Å². The summed E-state index contributed by atoms with van der Waals surface area (Å²) in [4.78, 5) is 16.3. The molecule has 0 radical (unpaired) electrons. The molecular weight excluding hydrogens is 771 g/mol. The van der Waals surface area contributed by atoms with Crippen LogP contribution in [0.1, 0.15) is 78.4 Å². The molecule has 0 bridgehead atoms. The normalized spacial score (nSPS) is 20.2. The number of hydrogen-bond acceptors (Lipinski definition) is 7. The summed E-state index contributed by atoms with van der Waals surface area (Å²) < 4.78 is 43.0. The monoisotopic (exact) mass is 827 g/mol. The van der Waals surface area contributed by atoms with Crippen molar-refractivity contribution < 1.29 is 27.8 Å². The molecule has 1 aliphatic carbocycles. The van der Waals surface area contributed by atoms with Crippen LogP contribution in [0.25, 0.3) is 11.1 Å². The smallest absolute Gasteiger partial charge is 0.241 e. The number of ether oxygens (including phenoxy) is 2. The van der Waals surface area contributed by atoms with Crippen molar-refractivity contribution in [2.45, 2.75) is 94.6 Å². The molecule has 0 unspecified atom stereocenters. The lowest BCUT2D eigenvalue weighted by atomic mass is 9.89. The number of carbonyl (C=O) groups is 1. The van der Waals surface area contributed by atoms with Crippen molar-refractivity contribution in [1.29, 1.82) is 0 Å². The van der Waals surface area contributed by atoms with Gasteiger partial charge in [0.1, 0.15) is 6.04 Å². The lowest BCUT2D eigenvalue weighted by Crippen LogP contribution is -2.47.